The van der Waals surface area contributed by atoms with Crippen molar-refractivity contribution in [2.75, 3.05) is 6.61 Å². The second-order valence-electron chi connectivity index (χ2n) is 5.31. The van der Waals surface area contributed by atoms with E-state index in [0.717, 1.165) is 5.52 Å². The van der Waals surface area contributed by atoms with Crippen LogP contribution in [0.2, 0.25) is 0 Å². The topological polar surface area (TPSA) is 25.0 Å². The average Bonchev–Trinajstić information content (AvgIpc) is 3.36. The second kappa shape index (κ2) is 9.29. The molecule has 0 amide bonds. The number of H-pyrrole nitrogens is 1. The smallest absolute Gasteiger partial charge is 0.381 e. The van der Waals surface area contributed by atoms with Gasteiger partial charge in [0.1, 0.15) is 0 Å². The third-order valence-electron chi connectivity index (χ3n) is 3.78. The molecule has 0 bridgehead atoms. The van der Waals surface area contributed by atoms with E-state index in [-0.39, 0.29) is 23.2 Å². The Morgan fingerprint density at radius 2 is 1.75 bits per heavy atom. The van der Waals surface area contributed by atoms with E-state index in [0.29, 0.717) is 6.61 Å². The van der Waals surface area contributed by atoms with Crippen molar-refractivity contribution in [1.82, 2.24) is 4.98 Å². The molecule has 0 aliphatic heterocycles. The molecular weight excluding hydrogens is 338 g/mol. The Hall–Kier alpha value is -2.06. The maximum Gasteiger partial charge on any atom is 2.00 e. The van der Waals surface area contributed by atoms with Gasteiger partial charge in [-0.15, -0.1) is 5.56 Å². The summed E-state index contributed by atoms with van der Waals surface area (Å²) < 4.78 is 5.92. The van der Waals surface area contributed by atoms with Crippen molar-refractivity contribution in [2.24, 2.45) is 0 Å². The SMILES string of the molecule is CCOC(c1c[nH]c2ccccc12)[c-]1cccc1.[Fe+2].c1cc[cH-]c1. The van der Waals surface area contributed by atoms with Gasteiger partial charge in [-0.1, -0.05) is 18.2 Å². The van der Waals surface area contributed by atoms with Gasteiger partial charge in [-0.25, -0.2) is 24.3 Å². The first kappa shape index (κ1) is 18.3. The van der Waals surface area contributed by atoms with E-state index in [1.165, 1.54) is 16.5 Å². The normalized spacial score (nSPS) is 11.4. The number of aromatic nitrogens is 1. The molecule has 1 N–H and O–H groups in total. The van der Waals surface area contributed by atoms with Crippen LogP contribution in [0.4, 0.5) is 0 Å². The van der Waals surface area contributed by atoms with Crippen LogP contribution in [0.5, 0.6) is 0 Å². The number of benzene rings is 1. The van der Waals surface area contributed by atoms with Crippen LogP contribution in [0.3, 0.4) is 0 Å². The Bertz CT molecular complexity index is 782. The Kier molecular flexibility index (Phi) is 7.07. The van der Waals surface area contributed by atoms with Crippen LogP contribution in [-0.4, -0.2) is 11.6 Å². The molecular formula is C21H21FeNO. The molecule has 0 radical (unpaired) electrons. The Labute approximate surface area is 153 Å². The predicted molar refractivity (Wildman–Crippen MR) is 95.8 cm³/mol. The predicted octanol–water partition coefficient (Wildman–Crippen LogP) is 5.42. The van der Waals surface area contributed by atoms with Crippen LogP contribution in [0.15, 0.2) is 85.1 Å². The van der Waals surface area contributed by atoms with Gasteiger partial charge in [0.15, 0.2) is 0 Å². The van der Waals surface area contributed by atoms with Crippen LogP contribution in [0.25, 0.3) is 10.9 Å². The fourth-order valence-corrected chi connectivity index (χ4v) is 2.73. The summed E-state index contributed by atoms with van der Waals surface area (Å²) in [4.78, 5) is 3.31. The van der Waals surface area contributed by atoms with Crippen molar-refractivity contribution in [1.29, 1.82) is 0 Å². The number of para-hydroxylation sites is 1. The molecule has 0 aliphatic carbocycles. The molecule has 3 aromatic carbocycles. The van der Waals surface area contributed by atoms with Gasteiger partial charge < -0.3 is 9.72 Å². The van der Waals surface area contributed by atoms with Crippen LogP contribution >= 0.6 is 0 Å². The maximum absolute atomic E-state index is 5.92. The zero-order valence-corrected chi connectivity index (χ0v) is 14.7. The Morgan fingerprint density at radius 1 is 1.04 bits per heavy atom. The average molecular weight is 359 g/mol. The molecule has 0 saturated carbocycles. The molecule has 0 spiro atoms. The molecule has 1 unspecified atom stereocenters. The summed E-state index contributed by atoms with van der Waals surface area (Å²) in [6.45, 7) is 2.74. The largest absolute Gasteiger partial charge is 2.00 e. The summed E-state index contributed by atoms with van der Waals surface area (Å²) in [5.74, 6) is 0. The molecule has 3 heteroatoms. The van der Waals surface area contributed by atoms with Gasteiger partial charge in [-0.3, -0.25) is 0 Å². The number of hydrogen-bond acceptors (Lipinski definition) is 1. The minimum atomic E-state index is 0. The standard InChI is InChI=1S/C16H16NO.C5H5.Fe/c1-2-18-16(12-7-3-4-8-12)14-11-17-15-10-6-5-9-13(14)15;1-2-4-5-3-1;/h3-11,16-17H,2H2,1H3;1-5H;/q2*-1;+2. The van der Waals surface area contributed by atoms with Crippen LogP contribution in [-0.2, 0) is 21.8 Å². The third kappa shape index (κ3) is 4.27. The Balaban J connectivity index is 0.000000300. The fraction of sp³-hybridized carbons (Fsp3) is 0.143. The minimum absolute atomic E-state index is 0. The van der Waals surface area contributed by atoms with E-state index < -0.39 is 0 Å². The van der Waals surface area contributed by atoms with Crippen LogP contribution < -0.4 is 0 Å². The van der Waals surface area contributed by atoms with Crippen molar-refractivity contribution < 1.29 is 21.8 Å². The molecule has 0 fully saturated rings. The summed E-state index contributed by atoms with van der Waals surface area (Å²) in [6.07, 6.45) is 2.07. The first-order valence-electron chi connectivity index (χ1n) is 7.96. The van der Waals surface area contributed by atoms with Crippen molar-refractivity contribution >= 4 is 10.9 Å². The summed E-state index contributed by atoms with van der Waals surface area (Å²) >= 11 is 0. The van der Waals surface area contributed by atoms with E-state index in [4.69, 9.17) is 4.74 Å². The number of hydrogen-bond donors (Lipinski definition) is 1. The van der Waals surface area contributed by atoms with E-state index in [1.54, 1.807) is 0 Å². The number of aromatic amines is 1. The molecule has 24 heavy (non-hydrogen) atoms. The molecule has 0 aliphatic rings. The summed E-state index contributed by atoms with van der Waals surface area (Å²) in [5.41, 5.74) is 3.57. The monoisotopic (exact) mass is 359 g/mol. The molecule has 4 aromatic rings. The molecule has 1 aromatic heterocycles. The summed E-state index contributed by atoms with van der Waals surface area (Å²) in [6, 6.07) is 26.7. The van der Waals surface area contributed by atoms with Gasteiger partial charge in [0.2, 0.25) is 0 Å². The third-order valence-corrected chi connectivity index (χ3v) is 3.78. The quantitative estimate of drug-likeness (QED) is 0.382. The second-order valence-corrected chi connectivity index (χ2v) is 5.31. The first-order chi connectivity index (χ1) is 11.4. The minimum Gasteiger partial charge on any atom is -0.381 e. The first-order valence-corrected chi connectivity index (χ1v) is 7.96. The number of nitrogens with one attached hydrogen (secondary N) is 1. The van der Waals surface area contributed by atoms with Crippen molar-refractivity contribution in [3.05, 3.63) is 96.2 Å². The zero-order valence-electron chi connectivity index (χ0n) is 13.6. The molecule has 2 nitrogen and oxygen atoms in total. The van der Waals surface area contributed by atoms with Gasteiger partial charge in [-0.2, -0.15) is 30.3 Å². The van der Waals surface area contributed by atoms with Gasteiger partial charge in [0.25, 0.3) is 0 Å². The van der Waals surface area contributed by atoms with Crippen LogP contribution in [0.1, 0.15) is 24.2 Å². The molecule has 0 saturated heterocycles. The van der Waals surface area contributed by atoms with E-state index >= 15 is 0 Å². The van der Waals surface area contributed by atoms with Crippen LogP contribution in [0, 0.1) is 0 Å². The number of rotatable bonds is 4. The molecule has 4 rings (SSSR count). The molecule has 124 valence electrons. The van der Waals surface area contributed by atoms with Gasteiger partial charge >= 0.3 is 17.1 Å². The van der Waals surface area contributed by atoms with E-state index in [1.807, 2.05) is 43.3 Å². The van der Waals surface area contributed by atoms with Gasteiger partial charge in [0.05, 0.1) is 6.10 Å². The van der Waals surface area contributed by atoms with Crippen molar-refractivity contribution in [2.45, 2.75) is 13.0 Å². The summed E-state index contributed by atoms with van der Waals surface area (Å²) in [5, 5.41) is 1.23. The summed E-state index contributed by atoms with van der Waals surface area (Å²) in [7, 11) is 0. The number of ether oxygens (including phenoxy) is 1. The molecule has 1 atom stereocenters. The van der Waals surface area contributed by atoms with Crippen molar-refractivity contribution in [3.8, 4) is 0 Å². The number of fused-ring (bicyclic) bond motifs is 1. The van der Waals surface area contributed by atoms with Gasteiger partial charge in [0, 0.05) is 23.7 Å². The maximum atomic E-state index is 5.92. The zero-order chi connectivity index (χ0) is 15.9. The van der Waals surface area contributed by atoms with Crippen molar-refractivity contribution in [3.63, 3.8) is 0 Å². The van der Waals surface area contributed by atoms with E-state index in [9.17, 15) is 0 Å². The molecule has 1 heterocycles. The Morgan fingerprint density at radius 3 is 2.38 bits per heavy atom. The van der Waals surface area contributed by atoms with Gasteiger partial charge in [-0.05, 0) is 18.6 Å². The van der Waals surface area contributed by atoms with E-state index in [2.05, 4.69) is 53.6 Å². The fourth-order valence-electron chi connectivity index (χ4n) is 2.73.